The minimum absolute atomic E-state index is 0.540. The van der Waals surface area contributed by atoms with Crippen molar-refractivity contribution in [3.63, 3.8) is 0 Å². The number of nitrogens with one attached hydrogen (secondary N) is 1. The number of aromatic nitrogens is 2. The molecule has 3 aliphatic rings. The largest absolute Gasteiger partial charge is 0.378 e. The average molecular weight is 436 g/mol. The van der Waals surface area contributed by atoms with Crippen molar-refractivity contribution in [3.8, 4) is 0 Å². The van der Waals surface area contributed by atoms with Gasteiger partial charge in [0, 0.05) is 43.5 Å². The summed E-state index contributed by atoms with van der Waals surface area (Å²) < 4.78 is 5.54. The van der Waals surface area contributed by atoms with Gasteiger partial charge in [-0.15, -0.1) is 0 Å². The lowest BCUT2D eigenvalue weighted by Gasteiger charge is -2.27. The van der Waals surface area contributed by atoms with Gasteiger partial charge in [0.15, 0.2) is 0 Å². The molecule has 1 aromatic heterocycles. The molecule has 1 saturated heterocycles. The fourth-order valence-electron chi connectivity index (χ4n) is 5.25. The third-order valence-corrected chi connectivity index (χ3v) is 7.55. The van der Waals surface area contributed by atoms with Gasteiger partial charge >= 0.3 is 0 Å². The summed E-state index contributed by atoms with van der Waals surface area (Å²) in [6, 6.07) is 9.63. The quantitative estimate of drug-likeness (QED) is 0.671. The van der Waals surface area contributed by atoms with Gasteiger partial charge in [0.05, 0.1) is 18.9 Å². The number of hydrogen-bond acceptors (Lipinski definition) is 6. The van der Waals surface area contributed by atoms with E-state index in [2.05, 4.69) is 53.2 Å². The molecule has 1 aliphatic carbocycles. The maximum absolute atomic E-state index is 5.54. The highest BCUT2D eigenvalue weighted by molar-refractivity contribution is 5.63. The molecule has 1 aromatic carbocycles. The Kier molecular flexibility index (Phi) is 6.60. The molecule has 0 spiro atoms. The fourth-order valence-corrected chi connectivity index (χ4v) is 5.25. The van der Waals surface area contributed by atoms with E-state index >= 15 is 0 Å². The number of anilines is 3. The molecular weight excluding hydrogens is 398 g/mol. The minimum atomic E-state index is 0.540. The molecule has 1 N–H and O–H groups in total. The smallest absolute Gasteiger partial charge is 0.227 e. The molecular formula is C26H37N5O. The topological polar surface area (TPSA) is 53.5 Å². The average Bonchev–Trinajstić information content (AvgIpc) is 3.30. The zero-order valence-electron chi connectivity index (χ0n) is 19.6. The number of rotatable bonds is 6. The van der Waals surface area contributed by atoms with E-state index in [9.17, 15) is 0 Å². The predicted molar refractivity (Wildman–Crippen MR) is 130 cm³/mol. The Hall–Kier alpha value is -2.18. The van der Waals surface area contributed by atoms with Crippen molar-refractivity contribution in [3.05, 3.63) is 41.1 Å². The van der Waals surface area contributed by atoms with Gasteiger partial charge in [0.1, 0.15) is 5.82 Å². The van der Waals surface area contributed by atoms with Gasteiger partial charge in [-0.2, -0.15) is 4.98 Å². The van der Waals surface area contributed by atoms with Crippen LogP contribution in [0.5, 0.6) is 0 Å². The molecule has 0 bridgehead atoms. The Morgan fingerprint density at radius 2 is 1.78 bits per heavy atom. The molecule has 1 saturated carbocycles. The van der Waals surface area contributed by atoms with Crippen LogP contribution < -0.4 is 10.2 Å². The van der Waals surface area contributed by atoms with Crippen molar-refractivity contribution >= 4 is 17.5 Å². The van der Waals surface area contributed by atoms with Crippen LogP contribution >= 0.6 is 0 Å². The Balaban J connectivity index is 1.40. The molecule has 172 valence electrons. The van der Waals surface area contributed by atoms with Gasteiger partial charge in [-0.25, -0.2) is 4.98 Å². The second-order valence-corrected chi connectivity index (χ2v) is 9.64. The van der Waals surface area contributed by atoms with E-state index in [4.69, 9.17) is 14.7 Å². The molecule has 2 aromatic rings. The lowest BCUT2D eigenvalue weighted by Crippen LogP contribution is -2.37. The van der Waals surface area contributed by atoms with Crippen LogP contribution in [-0.2, 0) is 17.8 Å². The molecule has 0 radical (unpaired) electrons. The summed E-state index contributed by atoms with van der Waals surface area (Å²) in [5.41, 5.74) is 5.02. The monoisotopic (exact) mass is 435 g/mol. The second-order valence-electron chi connectivity index (χ2n) is 9.64. The Morgan fingerprint density at radius 1 is 1.03 bits per heavy atom. The van der Waals surface area contributed by atoms with Crippen molar-refractivity contribution in [2.45, 2.75) is 77.4 Å². The van der Waals surface area contributed by atoms with E-state index in [0.717, 1.165) is 69.2 Å². The maximum Gasteiger partial charge on any atom is 0.227 e. The zero-order chi connectivity index (χ0) is 21.9. The normalized spacial score (nSPS) is 20.9. The summed E-state index contributed by atoms with van der Waals surface area (Å²) in [7, 11) is 0. The van der Waals surface area contributed by atoms with Crippen molar-refractivity contribution in [1.82, 2.24) is 14.9 Å². The number of hydrogen-bond donors (Lipinski definition) is 1. The maximum atomic E-state index is 5.54. The Labute approximate surface area is 192 Å². The van der Waals surface area contributed by atoms with Crippen LogP contribution in [0, 0.1) is 0 Å². The van der Waals surface area contributed by atoms with Gasteiger partial charge in [-0.3, -0.25) is 4.90 Å². The first-order valence-electron chi connectivity index (χ1n) is 12.5. The summed E-state index contributed by atoms with van der Waals surface area (Å²) in [4.78, 5) is 14.8. The zero-order valence-corrected chi connectivity index (χ0v) is 19.6. The van der Waals surface area contributed by atoms with Crippen LogP contribution in [0.15, 0.2) is 24.3 Å². The highest BCUT2D eigenvalue weighted by atomic mass is 16.5. The van der Waals surface area contributed by atoms with E-state index in [1.165, 1.54) is 48.9 Å². The van der Waals surface area contributed by atoms with Crippen molar-refractivity contribution in [1.29, 1.82) is 0 Å². The highest BCUT2D eigenvalue weighted by Crippen LogP contribution is 2.35. The van der Waals surface area contributed by atoms with E-state index in [1.54, 1.807) is 0 Å². The molecule has 2 aliphatic heterocycles. The van der Waals surface area contributed by atoms with Crippen LogP contribution in [0.3, 0.4) is 0 Å². The van der Waals surface area contributed by atoms with Gasteiger partial charge < -0.3 is 15.0 Å². The number of morpholine rings is 1. The molecule has 3 heterocycles. The SMILES string of the molecule is CCC(C)N1Cc2nc(N3CCOCC3)nc(Nc3ccc(C4CCCCC4)cc3)c2C1. The number of benzene rings is 1. The first-order chi connectivity index (χ1) is 15.7. The van der Waals surface area contributed by atoms with Crippen molar-refractivity contribution < 1.29 is 4.74 Å². The Morgan fingerprint density at radius 3 is 2.50 bits per heavy atom. The number of fused-ring (bicyclic) bond motifs is 1. The van der Waals surface area contributed by atoms with Crippen molar-refractivity contribution in [2.75, 3.05) is 36.5 Å². The van der Waals surface area contributed by atoms with E-state index in [0.29, 0.717) is 6.04 Å². The van der Waals surface area contributed by atoms with Gasteiger partial charge in [0.25, 0.3) is 0 Å². The van der Waals surface area contributed by atoms with Crippen LogP contribution in [0.25, 0.3) is 0 Å². The molecule has 6 heteroatoms. The lowest BCUT2D eigenvalue weighted by atomic mass is 9.84. The summed E-state index contributed by atoms with van der Waals surface area (Å²) >= 11 is 0. The third kappa shape index (κ3) is 4.62. The standard InChI is InChI=1S/C26H37N5O/c1-3-19(2)31-17-23-24(18-31)28-26(30-13-15-32-16-14-30)29-25(23)27-22-11-9-21(10-12-22)20-7-5-4-6-8-20/h9-12,19-20H,3-8,13-18H2,1-2H3,(H,27,28,29). The second kappa shape index (κ2) is 9.75. The first-order valence-corrected chi connectivity index (χ1v) is 12.5. The predicted octanol–water partition coefficient (Wildman–Crippen LogP) is 5.22. The van der Waals surface area contributed by atoms with Crippen LogP contribution in [0.1, 0.15) is 75.1 Å². The molecule has 1 atom stereocenters. The van der Waals surface area contributed by atoms with E-state index in [1.807, 2.05) is 0 Å². The first kappa shape index (κ1) is 21.7. The van der Waals surface area contributed by atoms with E-state index in [-0.39, 0.29) is 0 Å². The number of nitrogens with zero attached hydrogens (tertiary/aromatic N) is 4. The highest BCUT2D eigenvalue weighted by Gasteiger charge is 2.29. The fraction of sp³-hybridized carbons (Fsp3) is 0.615. The Bertz CT molecular complexity index is 903. The molecule has 1 unspecified atom stereocenters. The van der Waals surface area contributed by atoms with Gasteiger partial charge in [-0.05, 0) is 49.8 Å². The lowest BCUT2D eigenvalue weighted by molar-refractivity contribution is 0.122. The third-order valence-electron chi connectivity index (χ3n) is 7.55. The molecule has 32 heavy (non-hydrogen) atoms. The summed E-state index contributed by atoms with van der Waals surface area (Å²) in [5, 5.41) is 3.66. The van der Waals surface area contributed by atoms with E-state index < -0.39 is 0 Å². The molecule has 0 amide bonds. The van der Waals surface area contributed by atoms with Gasteiger partial charge in [-0.1, -0.05) is 38.3 Å². The summed E-state index contributed by atoms with van der Waals surface area (Å²) in [6.45, 7) is 9.56. The van der Waals surface area contributed by atoms with Crippen LogP contribution in [0.2, 0.25) is 0 Å². The molecule has 2 fully saturated rings. The summed E-state index contributed by atoms with van der Waals surface area (Å²) in [5.74, 6) is 2.53. The van der Waals surface area contributed by atoms with Crippen LogP contribution in [-0.4, -0.2) is 47.2 Å². The summed E-state index contributed by atoms with van der Waals surface area (Å²) in [6.07, 6.45) is 7.95. The molecule has 6 nitrogen and oxygen atoms in total. The molecule has 5 rings (SSSR count). The van der Waals surface area contributed by atoms with Gasteiger partial charge in [0.2, 0.25) is 5.95 Å². The van der Waals surface area contributed by atoms with Crippen molar-refractivity contribution in [2.24, 2.45) is 0 Å². The minimum Gasteiger partial charge on any atom is -0.378 e. The van der Waals surface area contributed by atoms with Crippen LogP contribution in [0.4, 0.5) is 17.5 Å². The number of ether oxygens (including phenoxy) is 1.